The number of carbonyl (C=O) groups excluding carboxylic acids is 1. The van der Waals surface area contributed by atoms with Crippen molar-refractivity contribution in [2.45, 2.75) is 25.3 Å². The first-order chi connectivity index (χ1) is 6.12. The van der Waals surface area contributed by atoms with Gasteiger partial charge in [-0.2, -0.15) is 0 Å². The van der Waals surface area contributed by atoms with Crippen LogP contribution in [-0.2, 0) is 0 Å². The van der Waals surface area contributed by atoms with Gasteiger partial charge in [-0.05, 0) is 19.8 Å². The van der Waals surface area contributed by atoms with Crippen molar-refractivity contribution in [3.05, 3.63) is 35.4 Å². The minimum atomic E-state index is -0.532. The lowest BCUT2D eigenvalue weighted by Gasteiger charge is -2.06. The Hall–Kier alpha value is -0.860. The summed E-state index contributed by atoms with van der Waals surface area (Å²) in [6.45, 7) is 2.00. The Labute approximate surface area is 89.9 Å². The Balaban J connectivity index is 0.000000980. The van der Waals surface area contributed by atoms with Gasteiger partial charge in [-0.3, -0.25) is 4.79 Å². The molecule has 1 aliphatic rings. The molecule has 1 aromatic rings. The maximum atomic E-state index is 11.7. The summed E-state index contributed by atoms with van der Waals surface area (Å²) in [6, 6.07) is 7.59. The van der Waals surface area contributed by atoms with Crippen LogP contribution >= 0.6 is 12.4 Å². The van der Waals surface area contributed by atoms with Crippen molar-refractivity contribution >= 4 is 18.2 Å². The van der Waals surface area contributed by atoms with Crippen LogP contribution in [0.5, 0.6) is 0 Å². The zero-order chi connectivity index (χ0) is 9.47. The summed E-state index contributed by atoms with van der Waals surface area (Å²) in [7, 11) is 0. The van der Waals surface area contributed by atoms with Crippen molar-refractivity contribution in [3.63, 3.8) is 0 Å². The first-order valence-corrected chi connectivity index (χ1v) is 4.52. The SMILES string of the molecule is Cc1ccc(C(=O)C2(N)CC2)cc1.Cl. The number of halogens is 1. The van der Waals surface area contributed by atoms with E-state index in [2.05, 4.69) is 0 Å². The third kappa shape index (κ3) is 1.97. The predicted octanol–water partition coefficient (Wildman–Crippen LogP) is 2.09. The summed E-state index contributed by atoms with van der Waals surface area (Å²) in [6.07, 6.45) is 1.67. The van der Waals surface area contributed by atoms with E-state index in [0.29, 0.717) is 0 Å². The van der Waals surface area contributed by atoms with Gasteiger partial charge in [-0.25, -0.2) is 0 Å². The quantitative estimate of drug-likeness (QED) is 0.762. The lowest BCUT2D eigenvalue weighted by molar-refractivity contribution is 0.0949. The monoisotopic (exact) mass is 211 g/mol. The number of ketones is 1. The number of carbonyl (C=O) groups is 1. The molecule has 0 atom stereocenters. The van der Waals surface area contributed by atoms with Gasteiger partial charge in [0.15, 0.2) is 5.78 Å². The Bertz CT molecular complexity index is 341. The van der Waals surface area contributed by atoms with Gasteiger partial charge < -0.3 is 5.73 Å². The van der Waals surface area contributed by atoms with Crippen molar-refractivity contribution in [1.29, 1.82) is 0 Å². The van der Waals surface area contributed by atoms with Crippen molar-refractivity contribution in [1.82, 2.24) is 0 Å². The first-order valence-electron chi connectivity index (χ1n) is 4.52. The van der Waals surface area contributed by atoms with E-state index in [-0.39, 0.29) is 18.2 Å². The molecule has 2 nitrogen and oxygen atoms in total. The predicted molar refractivity (Wildman–Crippen MR) is 58.9 cm³/mol. The van der Waals surface area contributed by atoms with E-state index in [1.807, 2.05) is 31.2 Å². The average molecular weight is 212 g/mol. The van der Waals surface area contributed by atoms with Crippen LogP contribution in [0.4, 0.5) is 0 Å². The summed E-state index contributed by atoms with van der Waals surface area (Å²) in [5.74, 6) is 0.0903. The fourth-order valence-corrected chi connectivity index (χ4v) is 1.35. The van der Waals surface area contributed by atoms with Crippen LogP contribution in [0.15, 0.2) is 24.3 Å². The van der Waals surface area contributed by atoms with Gasteiger partial charge in [0.2, 0.25) is 0 Å². The Kier molecular flexibility index (Phi) is 2.98. The highest BCUT2D eigenvalue weighted by atomic mass is 35.5. The summed E-state index contributed by atoms with van der Waals surface area (Å²) in [5, 5.41) is 0. The van der Waals surface area contributed by atoms with E-state index < -0.39 is 5.54 Å². The number of Topliss-reactive ketones (excluding diaryl/α,β-unsaturated/α-hetero) is 1. The molecule has 0 aromatic heterocycles. The summed E-state index contributed by atoms with van der Waals surface area (Å²) >= 11 is 0. The molecular formula is C11H14ClNO. The minimum absolute atomic E-state index is 0. The second-order valence-corrected chi connectivity index (χ2v) is 3.85. The van der Waals surface area contributed by atoms with Gasteiger partial charge in [0.25, 0.3) is 0 Å². The van der Waals surface area contributed by atoms with Gasteiger partial charge in [0.05, 0.1) is 5.54 Å². The number of aryl methyl sites for hydroxylation is 1. The van der Waals surface area contributed by atoms with Gasteiger partial charge in [0, 0.05) is 5.56 Å². The molecule has 0 unspecified atom stereocenters. The van der Waals surface area contributed by atoms with Gasteiger partial charge in [-0.1, -0.05) is 29.8 Å². The van der Waals surface area contributed by atoms with E-state index in [9.17, 15) is 4.79 Å². The molecule has 0 amide bonds. The second-order valence-electron chi connectivity index (χ2n) is 3.85. The normalized spacial score (nSPS) is 17.0. The number of hydrogen-bond donors (Lipinski definition) is 1. The van der Waals surface area contributed by atoms with Gasteiger partial charge in [-0.15, -0.1) is 12.4 Å². The highest BCUT2D eigenvalue weighted by Crippen LogP contribution is 2.35. The molecular weight excluding hydrogens is 198 g/mol. The number of nitrogens with two attached hydrogens (primary N) is 1. The van der Waals surface area contributed by atoms with Crippen LogP contribution in [0.2, 0.25) is 0 Å². The fraction of sp³-hybridized carbons (Fsp3) is 0.364. The van der Waals surface area contributed by atoms with Crippen LogP contribution in [-0.4, -0.2) is 11.3 Å². The molecule has 3 heteroatoms. The van der Waals surface area contributed by atoms with Crippen LogP contribution in [0, 0.1) is 6.92 Å². The van der Waals surface area contributed by atoms with Crippen LogP contribution in [0.1, 0.15) is 28.8 Å². The molecule has 0 bridgehead atoms. The number of hydrogen-bond acceptors (Lipinski definition) is 2. The maximum Gasteiger partial charge on any atom is 0.182 e. The fourth-order valence-electron chi connectivity index (χ4n) is 1.35. The third-order valence-corrected chi connectivity index (χ3v) is 2.55. The van der Waals surface area contributed by atoms with Gasteiger partial charge >= 0.3 is 0 Å². The maximum absolute atomic E-state index is 11.7. The lowest BCUT2D eigenvalue weighted by Crippen LogP contribution is -2.32. The van der Waals surface area contributed by atoms with Crippen LogP contribution in [0.3, 0.4) is 0 Å². The summed E-state index contributed by atoms with van der Waals surface area (Å²) in [4.78, 5) is 11.7. The van der Waals surface area contributed by atoms with E-state index in [1.165, 1.54) is 5.56 Å². The molecule has 0 radical (unpaired) electrons. The Morgan fingerprint density at radius 2 is 1.79 bits per heavy atom. The van der Waals surface area contributed by atoms with Crippen LogP contribution < -0.4 is 5.73 Å². The average Bonchev–Trinajstić information content (AvgIpc) is 2.85. The second kappa shape index (κ2) is 3.71. The number of benzene rings is 1. The zero-order valence-electron chi connectivity index (χ0n) is 8.12. The highest BCUT2D eigenvalue weighted by molar-refractivity contribution is 6.05. The molecule has 1 saturated carbocycles. The topological polar surface area (TPSA) is 43.1 Å². The van der Waals surface area contributed by atoms with Crippen molar-refractivity contribution < 1.29 is 4.79 Å². The number of rotatable bonds is 2. The molecule has 1 aromatic carbocycles. The molecule has 2 rings (SSSR count). The molecule has 14 heavy (non-hydrogen) atoms. The van der Waals surface area contributed by atoms with Crippen molar-refractivity contribution in [2.75, 3.05) is 0 Å². The lowest BCUT2D eigenvalue weighted by atomic mass is 10.0. The van der Waals surface area contributed by atoms with E-state index >= 15 is 0 Å². The zero-order valence-corrected chi connectivity index (χ0v) is 8.93. The van der Waals surface area contributed by atoms with E-state index in [0.717, 1.165) is 18.4 Å². The first kappa shape index (κ1) is 11.2. The smallest absolute Gasteiger partial charge is 0.182 e. The molecule has 76 valence electrons. The van der Waals surface area contributed by atoms with Gasteiger partial charge in [0.1, 0.15) is 0 Å². The summed E-state index contributed by atoms with van der Waals surface area (Å²) < 4.78 is 0. The van der Waals surface area contributed by atoms with E-state index in [4.69, 9.17) is 5.73 Å². The Morgan fingerprint density at radius 3 is 2.21 bits per heavy atom. The molecule has 1 aliphatic carbocycles. The van der Waals surface area contributed by atoms with E-state index in [1.54, 1.807) is 0 Å². The van der Waals surface area contributed by atoms with Crippen molar-refractivity contribution in [2.24, 2.45) is 5.73 Å². The summed E-state index contributed by atoms with van der Waals surface area (Å²) in [5.41, 5.74) is 7.18. The Morgan fingerprint density at radius 1 is 1.29 bits per heavy atom. The highest BCUT2D eigenvalue weighted by Gasteiger charge is 2.45. The minimum Gasteiger partial charge on any atom is -0.319 e. The standard InChI is InChI=1S/C11H13NO.ClH/c1-8-2-4-9(5-3-8)10(13)11(12)6-7-11;/h2-5H,6-7,12H2,1H3;1H. The van der Waals surface area contributed by atoms with Crippen molar-refractivity contribution in [3.8, 4) is 0 Å². The third-order valence-electron chi connectivity index (χ3n) is 2.55. The molecule has 1 fully saturated rings. The molecule has 0 aliphatic heterocycles. The van der Waals surface area contributed by atoms with Crippen LogP contribution in [0.25, 0.3) is 0 Å². The molecule has 0 heterocycles. The molecule has 2 N–H and O–H groups in total. The largest absolute Gasteiger partial charge is 0.319 e. The molecule has 0 spiro atoms. The molecule has 0 saturated heterocycles.